The van der Waals surface area contributed by atoms with Crippen LogP contribution < -0.4 is 0 Å². The number of rotatable bonds is 4. The van der Waals surface area contributed by atoms with Crippen molar-refractivity contribution in [3.8, 4) is 0 Å². The number of hydrogen-bond donors (Lipinski definition) is 1. The number of carboxylic acids is 1. The van der Waals surface area contributed by atoms with Gasteiger partial charge in [-0.3, -0.25) is 4.68 Å². The highest BCUT2D eigenvalue weighted by atomic mass is 19.4. The number of benzene rings is 1. The first-order valence-corrected chi connectivity index (χ1v) is 5.80. The van der Waals surface area contributed by atoms with Crippen LogP contribution >= 0.6 is 0 Å². The molecule has 0 aliphatic rings. The largest absolute Gasteiger partial charge is 0.477 e. The number of carbonyl (C=O) groups is 1. The summed E-state index contributed by atoms with van der Waals surface area (Å²) in [6, 6.07) is 9.60. The van der Waals surface area contributed by atoms with Crippen LogP contribution in [-0.4, -0.2) is 20.9 Å². The maximum absolute atomic E-state index is 12.5. The van der Waals surface area contributed by atoms with Gasteiger partial charge in [-0.05, 0) is 12.0 Å². The van der Waals surface area contributed by atoms with Crippen molar-refractivity contribution in [1.29, 1.82) is 0 Å². The summed E-state index contributed by atoms with van der Waals surface area (Å²) in [5.74, 6) is -1.43. The SMILES string of the molecule is O=C(O)c1cc(C(F)(F)F)nn1CCc1ccccc1. The van der Waals surface area contributed by atoms with E-state index in [0.717, 1.165) is 10.2 Å². The zero-order chi connectivity index (χ0) is 14.8. The number of aromatic nitrogens is 2. The number of hydrogen-bond acceptors (Lipinski definition) is 2. The molecule has 1 aromatic carbocycles. The van der Waals surface area contributed by atoms with E-state index in [2.05, 4.69) is 5.10 Å². The second-order valence-corrected chi connectivity index (χ2v) is 4.18. The van der Waals surface area contributed by atoms with Crippen molar-refractivity contribution in [2.75, 3.05) is 0 Å². The van der Waals surface area contributed by atoms with E-state index >= 15 is 0 Å². The molecule has 0 fully saturated rings. The number of carboxylic acid groups (broad SMARTS) is 1. The molecule has 0 unspecified atom stereocenters. The maximum atomic E-state index is 12.5. The highest BCUT2D eigenvalue weighted by Gasteiger charge is 2.35. The quantitative estimate of drug-likeness (QED) is 0.939. The van der Waals surface area contributed by atoms with E-state index in [1.165, 1.54) is 0 Å². The Morgan fingerprint density at radius 1 is 1.25 bits per heavy atom. The van der Waals surface area contributed by atoms with Gasteiger partial charge in [0.2, 0.25) is 0 Å². The molecule has 20 heavy (non-hydrogen) atoms. The third-order valence-corrected chi connectivity index (χ3v) is 2.74. The topological polar surface area (TPSA) is 55.1 Å². The van der Waals surface area contributed by atoms with Crippen LogP contribution in [0.5, 0.6) is 0 Å². The molecule has 1 aromatic heterocycles. The third kappa shape index (κ3) is 3.17. The number of alkyl halides is 3. The van der Waals surface area contributed by atoms with Gasteiger partial charge in [-0.25, -0.2) is 4.79 Å². The molecule has 0 atom stereocenters. The average molecular weight is 284 g/mol. The zero-order valence-electron chi connectivity index (χ0n) is 10.3. The highest BCUT2D eigenvalue weighted by molar-refractivity contribution is 5.85. The first-order chi connectivity index (χ1) is 9.38. The van der Waals surface area contributed by atoms with Gasteiger partial charge in [-0.1, -0.05) is 30.3 Å². The fraction of sp³-hybridized carbons (Fsp3) is 0.231. The van der Waals surface area contributed by atoms with Crippen molar-refractivity contribution in [3.05, 3.63) is 53.3 Å². The number of aromatic carboxylic acids is 1. The maximum Gasteiger partial charge on any atom is 0.435 e. The Balaban J connectivity index is 2.22. The van der Waals surface area contributed by atoms with Crippen molar-refractivity contribution >= 4 is 5.97 Å². The van der Waals surface area contributed by atoms with Gasteiger partial charge in [-0.2, -0.15) is 18.3 Å². The van der Waals surface area contributed by atoms with Crippen molar-refractivity contribution in [2.45, 2.75) is 19.1 Å². The van der Waals surface area contributed by atoms with Gasteiger partial charge in [-0.15, -0.1) is 0 Å². The van der Waals surface area contributed by atoms with Crippen LogP contribution in [0.1, 0.15) is 21.7 Å². The summed E-state index contributed by atoms with van der Waals surface area (Å²) in [4.78, 5) is 10.9. The van der Waals surface area contributed by atoms with E-state index in [9.17, 15) is 18.0 Å². The minimum Gasteiger partial charge on any atom is -0.477 e. The second kappa shape index (κ2) is 5.36. The zero-order valence-corrected chi connectivity index (χ0v) is 10.3. The molecule has 0 amide bonds. The molecule has 0 saturated carbocycles. The number of aryl methyl sites for hydroxylation is 2. The predicted molar refractivity (Wildman–Crippen MR) is 64.3 cm³/mol. The minimum atomic E-state index is -4.65. The van der Waals surface area contributed by atoms with E-state index in [-0.39, 0.29) is 6.54 Å². The molecule has 2 rings (SSSR count). The van der Waals surface area contributed by atoms with Crippen LogP contribution in [0, 0.1) is 0 Å². The standard InChI is InChI=1S/C13H11F3N2O2/c14-13(15,16)11-8-10(12(19)20)18(17-11)7-6-9-4-2-1-3-5-9/h1-5,8H,6-7H2,(H,19,20). The Kier molecular flexibility index (Phi) is 3.78. The molecule has 0 aliphatic heterocycles. The van der Waals surface area contributed by atoms with E-state index in [1.54, 1.807) is 12.1 Å². The van der Waals surface area contributed by atoms with Gasteiger partial charge < -0.3 is 5.11 Å². The lowest BCUT2D eigenvalue weighted by molar-refractivity contribution is -0.141. The lowest BCUT2D eigenvalue weighted by Crippen LogP contribution is -2.12. The Morgan fingerprint density at radius 3 is 2.45 bits per heavy atom. The van der Waals surface area contributed by atoms with Gasteiger partial charge in [0.15, 0.2) is 5.69 Å². The molecule has 0 radical (unpaired) electrons. The van der Waals surface area contributed by atoms with Crippen LogP contribution in [0.4, 0.5) is 13.2 Å². The Hall–Kier alpha value is -2.31. The average Bonchev–Trinajstić information content (AvgIpc) is 2.82. The van der Waals surface area contributed by atoms with Gasteiger partial charge in [0.05, 0.1) is 0 Å². The predicted octanol–water partition coefficient (Wildman–Crippen LogP) is 2.84. The molecular weight excluding hydrogens is 273 g/mol. The molecule has 7 heteroatoms. The van der Waals surface area contributed by atoms with E-state index < -0.39 is 23.5 Å². The summed E-state index contributed by atoms with van der Waals surface area (Å²) in [5, 5.41) is 12.2. The second-order valence-electron chi connectivity index (χ2n) is 4.18. The molecule has 0 spiro atoms. The van der Waals surface area contributed by atoms with E-state index in [0.29, 0.717) is 12.5 Å². The summed E-state index contributed by atoms with van der Waals surface area (Å²) >= 11 is 0. The van der Waals surface area contributed by atoms with Crippen molar-refractivity contribution < 1.29 is 23.1 Å². The molecule has 0 aliphatic carbocycles. The Labute approximate surface area is 112 Å². The van der Waals surface area contributed by atoms with Gasteiger partial charge in [0.1, 0.15) is 5.69 Å². The first-order valence-electron chi connectivity index (χ1n) is 5.80. The van der Waals surface area contributed by atoms with E-state index in [1.807, 2.05) is 18.2 Å². The summed E-state index contributed by atoms with van der Waals surface area (Å²) in [7, 11) is 0. The summed E-state index contributed by atoms with van der Waals surface area (Å²) in [6.45, 7) is 0.0712. The normalized spacial score (nSPS) is 11.6. The van der Waals surface area contributed by atoms with Crippen molar-refractivity contribution in [2.24, 2.45) is 0 Å². The number of nitrogens with zero attached hydrogens (tertiary/aromatic N) is 2. The van der Waals surface area contributed by atoms with Gasteiger partial charge in [0.25, 0.3) is 0 Å². The fourth-order valence-electron chi connectivity index (χ4n) is 1.78. The lowest BCUT2D eigenvalue weighted by atomic mass is 10.1. The molecule has 4 nitrogen and oxygen atoms in total. The molecular formula is C13H11F3N2O2. The van der Waals surface area contributed by atoms with Crippen LogP contribution in [0.3, 0.4) is 0 Å². The van der Waals surface area contributed by atoms with Crippen LogP contribution in [0.15, 0.2) is 36.4 Å². The van der Waals surface area contributed by atoms with Crippen molar-refractivity contribution in [3.63, 3.8) is 0 Å². The van der Waals surface area contributed by atoms with Gasteiger partial charge in [0, 0.05) is 12.6 Å². The smallest absolute Gasteiger partial charge is 0.435 e. The minimum absolute atomic E-state index is 0.0712. The fourth-order valence-corrected chi connectivity index (χ4v) is 1.78. The van der Waals surface area contributed by atoms with Crippen LogP contribution in [0.25, 0.3) is 0 Å². The Bertz CT molecular complexity index is 606. The van der Waals surface area contributed by atoms with Crippen LogP contribution in [0.2, 0.25) is 0 Å². The van der Waals surface area contributed by atoms with Crippen LogP contribution in [-0.2, 0) is 19.1 Å². The summed E-state index contributed by atoms with van der Waals surface area (Å²) in [6.07, 6.45) is -4.25. The van der Waals surface area contributed by atoms with Gasteiger partial charge >= 0.3 is 12.1 Å². The van der Waals surface area contributed by atoms with Crippen molar-refractivity contribution in [1.82, 2.24) is 9.78 Å². The number of halogens is 3. The molecule has 1 N–H and O–H groups in total. The summed E-state index contributed by atoms with van der Waals surface area (Å²) < 4.78 is 38.5. The molecule has 106 valence electrons. The molecule has 1 heterocycles. The monoisotopic (exact) mass is 284 g/mol. The molecule has 2 aromatic rings. The van der Waals surface area contributed by atoms with E-state index in [4.69, 9.17) is 5.11 Å². The Morgan fingerprint density at radius 2 is 1.90 bits per heavy atom. The summed E-state index contributed by atoms with van der Waals surface area (Å²) in [5.41, 5.74) is -0.760. The first kappa shape index (κ1) is 14.1. The third-order valence-electron chi connectivity index (χ3n) is 2.74. The highest BCUT2D eigenvalue weighted by Crippen LogP contribution is 2.28. The lowest BCUT2D eigenvalue weighted by Gasteiger charge is -2.05. The molecule has 0 saturated heterocycles. The molecule has 0 bridgehead atoms.